The van der Waals surface area contributed by atoms with Gasteiger partial charge in [0.2, 0.25) is 0 Å². The van der Waals surface area contributed by atoms with Crippen molar-refractivity contribution in [3.8, 4) is 11.3 Å². The highest BCUT2D eigenvalue weighted by molar-refractivity contribution is 5.95. The molecule has 2 fully saturated rings. The molecular weight excluding hydrogens is 428 g/mol. The zero-order valence-corrected chi connectivity index (χ0v) is 19.8. The van der Waals surface area contributed by atoms with Crippen molar-refractivity contribution in [2.24, 2.45) is 0 Å². The first-order chi connectivity index (χ1) is 16.7. The van der Waals surface area contributed by atoms with Gasteiger partial charge in [-0.2, -0.15) is 0 Å². The van der Waals surface area contributed by atoms with Crippen LogP contribution in [0.4, 0.5) is 5.69 Å². The summed E-state index contributed by atoms with van der Waals surface area (Å²) in [5.41, 5.74) is 5.72. The van der Waals surface area contributed by atoms with E-state index in [9.17, 15) is 5.11 Å². The molecule has 1 saturated carbocycles. The normalized spacial score (nSPS) is 21.7. The Kier molecular flexibility index (Phi) is 7.81. The lowest BCUT2D eigenvalue weighted by Crippen LogP contribution is -2.28. The van der Waals surface area contributed by atoms with Crippen molar-refractivity contribution in [2.75, 3.05) is 31.7 Å². The molecule has 0 radical (unpaired) electrons. The van der Waals surface area contributed by atoms with Gasteiger partial charge in [-0.25, -0.2) is 0 Å². The molecule has 34 heavy (non-hydrogen) atoms. The SMILES string of the molecule is OC1CCC(OCCOCc2cc(NC3CCOCC3)c3[nH]c(-c4ccccc4)cc3c2)CC1. The molecule has 1 saturated heterocycles. The standard InChI is InChI=1S/C28H36N2O4/c31-24-6-8-25(9-7-24)34-15-14-33-19-20-16-22-18-26(21-4-2-1-3-5-21)30-28(22)27(17-20)29-23-10-12-32-13-11-23/h1-5,16-18,23-25,29-31H,6-15,19H2. The van der Waals surface area contributed by atoms with Crippen LogP contribution >= 0.6 is 0 Å². The molecule has 0 amide bonds. The van der Waals surface area contributed by atoms with Crippen molar-refractivity contribution in [2.45, 2.75) is 63.4 Å². The number of ether oxygens (including phenoxy) is 3. The van der Waals surface area contributed by atoms with E-state index >= 15 is 0 Å². The van der Waals surface area contributed by atoms with Crippen molar-refractivity contribution >= 4 is 16.6 Å². The van der Waals surface area contributed by atoms with Crippen LogP contribution in [-0.4, -0.2) is 54.8 Å². The minimum absolute atomic E-state index is 0.147. The highest BCUT2D eigenvalue weighted by atomic mass is 16.5. The van der Waals surface area contributed by atoms with Crippen LogP contribution in [0.3, 0.4) is 0 Å². The predicted octanol–water partition coefficient (Wildman–Crippen LogP) is 5.26. The van der Waals surface area contributed by atoms with Crippen LogP contribution in [0.15, 0.2) is 48.5 Å². The number of aliphatic hydroxyl groups is 1. The lowest BCUT2D eigenvalue weighted by molar-refractivity contribution is -0.0308. The Morgan fingerprint density at radius 1 is 0.941 bits per heavy atom. The summed E-state index contributed by atoms with van der Waals surface area (Å²) < 4.78 is 17.5. The summed E-state index contributed by atoms with van der Waals surface area (Å²) in [5.74, 6) is 0. The summed E-state index contributed by atoms with van der Waals surface area (Å²) in [5, 5.41) is 14.6. The zero-order chi connectivity index (χ0) is 23.2. The Morgan fingerprint density at radius 3 is 2.53 bits per heavy atom. The number of rotatable bonds is 9. The summed E-state index contributed by atoms with van der Waals surface area (Å²) in [6, 6.07) is 17.5. The average molecular weight is 465 g/mol. The minimum Gasteiger partial charge on any atom is -0.393 e. The Hall–Kier alpha value is -2.38. The van der Waals surface area contributed by atoms with Crippen molar-refractivity contribution in [1.82, 2.24) is 4.98 Å². The van der Waals surface area contributed by atoms with E-state index in [2.05, 4.69) is 52.8 Å². The molecule has 3 N–H and O–H groups in total. The van der Waals surface area contributed by atoms with E-state index in [1.807, 2.05) is 6.07 Å². The van der Waals surface area contributed by atoms with Gasteiger partial charge in [-0.05, 0) is 67.9 Å². The molecule has 1 aliphatic heterocycles. The minimum atomic E-state index is -0.147. The number of aromatic amines is 1. The fraction of sp³-hybridized carbons (Fsp3) is 0.500. The van der Waals surface area contributed by atoms with Crippen molar-refractivity contribution in [3.63, 3.8) is 0 Å². The van der Waals surface area contributed by atoms with E-state index in [1.165, 1.54) is 10.9 Å². The molecule has 0 atom stereocenters. The number of fused-ring (bicyclic) bond motifs is 1. The molecule has 2 aliphatic rings. The average Bonchev–Trinajstić information content (AvgIpc) is 3.31. The van der Waals surface area contributed by atoms with Gasteiger partial charge in [0.25, 0.3) is 0 Å². The van der Waals surface area contributed by atoms with Gasteiger partial charge in [0.05, 0.1) is 43.2 Å². The first-order valence-electron chi connectivity index (χ1n) is 12.7. The van der Waals surface area contributed by atoms with E-state index in [0.717, 1.165) is 74.2 Å². The molecule has 2 aromatic carbocycles. The van der Waals surface area contributed by atoms with Gasteiger partial charge in [0.1, 0.15) is 0 Å². The zero-order valence-electron chi connectivity index (χ0n) is 19.8. The third-order valence-electron chi connectivity index (χ3n) is 6.95. The van der Waals surface area contributed by atoms with Crippen LogP contribution in [0.1, 0.15) is 44.1 Å². The summed E-state index contributed by atoms with van der Waals surface area (Å²) in [4.78, 5) is 3.64. The monoisotopic (exact) mass is 464 g/mol. The van der Waals surface area contributed by atoms with Crippen LogP contribution in [0.2, 0.25) is 0 Å². The Labute approximate surface area is 201 Å². The summed E-state index contributed by atoms with van der Waals surface area (Å²) >= 11 is 0. The van der Waals surface area contributed by atoms with Crippen LogP contribution in [0.5, 0.6) is 0 Å². The van der Waals surface area contributed by atoms with Crippen LogP contribution < -0.4 is 5.32 Å². The second-order valence-corrected chi connectivity index (χ2v) is 9.54. The second kappa shape index (κ2) is 11.4. The lowest BCUT2D eigenvalue weighted by atomic mass is 9.95. The van der Waals surface area contributed by atoms with E-state index in [-0.39, 0.29) is 12.2 Å². The Bertz CT molecular complexity index is 1040. The van der Waals surface area contributed by atoms with Crippen LogP contribution in [-0.2, 0) is 20.8 Å². The van der Waals surface area contributed by atoms with E-state index in [0.29, 0.717) is 25.9 Å². The van der Waals surface area contributed by atoms with Gasteiger partial charge < -0.3 is 29.6 Å². The van der Waals surface area contributed by atoms with Crippen LogP contribution in [0.25, 0.3) is 22.2 Å². The lowest BCUT2D eigenvalue weighted by Gasteiger charge is -2.25. The molecule has 1 aliphatic carbocycles. The number of aliphatic hydroxyl groups excluding tert-OH is 1. The van der Waals surface area contributed by atoms with E-state index in [1.54, 1.807) is 0 Å². The summed E-state index contributed by atoms with van der Waals surface area (Å²) in [6.45, 7) is 3.34. The van der Waals surface area contributed by atoms with Gasteiger partial charge in [-0.1, -0.05) is 30.3 Å². The molecule has 182 valence electrons. The van der Waals surface area contributed by atoms with Gasteiger partial charge in [0, 0.05) is 30.3 Å². The van der Waals surface area contributed by atoms with Crippen molar-refractivity contribution < 1.29 is 19.3 Å². The molecule has 0 bridgehead atoms. The molecule has 0 unspecified atom stereocenters. The number of H-pyrrole nitrogens is 1. The maximum Gasteiger partial charge on any atom is 0.0719 e. The van der Waals surface area contributed by atoms with Crippen molar-refractivity contribution in [1.29, 1.82) is 0 Å². The Morgan fingerprint density at radius 2 is 1.74 bits per heavy atom. The summed E-state index contributed by atoms with van der Waals surface area (Å²) in [6.07, 6.45) is 5.72. The number of hydrogen-bond acceptors (Lipinski definition) is 5. The largest absolute Gasteiger partial charge is 0.393 e. The molecule has 5 rings (SSSR count). The number of nitrogens with one attached hydrogen (secondary N) is 2. The molecule has 2 heterocycles. The third-order valence-corrected chi connectivity index (χ3v) is 6.95. The maximum atomic E-state index is 9.64. The third kappa shape index (κ3) is 5.99. The number of aromatic nitrogens is 1. The fourth-order valence-electron chi connectivity index (χ4n) is 5.01. The van der Waals surface area contributed by atoms with E-state index < -0.39 is 0 Å². The second-order valence-electron chi connectivity index (χ2n) is 9.54. The van der Waals surface area contributed by atoms with Crippen molar-refractivity contribution in [3.05, 3.63) is 54.1 Å². The molecular formula is C28H36N2O4. The highest BCUT2D eigenvalue weighted by Gasteiger charge is 2.20. The Balaban J connectivity index is 1.26. The van der Waals surface area contributed by atoms with Gasteiger partial charge in [0.15, 0.2) is 0 Å². The fourth-order valence-corrected chi connectivity index (χ4v) is 5.01. The first kappa shape index (κ1) is 23.4. The van der Waals surface area contributed by atoms with Gasteiger partial charge >= 0.3 is 0 Å². The molecule has 6 heteroatoms. The predicted molar refractivity (Wildman–Crippen MR) is 135 cm³/mol. The topological polar surface area (TPSA) is 75.7 Å². The smallest absolute Gasteiger partial charge is 0.0719 e. The van der Waals surface area contributed by atoms with Gasteiger partial charge in [-0.15, -0.1) is 0 Å². The molecule has 0 spiro atoms. The molecule has 6 nitrogen and oxygen atoms in total. The maximum absolute atomic E-state index is 9.64. The van der Waals surface area contributed by atoms with E-state index in [4.69, 9.17) is 14.2 Å². The van der Waals surface area contributed by atoms with Gasteiger partial charge in [-0.3, -0.25) is 0 Å². The highest BCUT2D eigenvalue weighted by Crippen LogP contribution is 2.32. The molecule has 1 aromatic heterocycles. The number of benzene rings is 2. The summed E-state index contributed by atoms with van der Waals surface area (Å²) in [7, 11) is 0. The quantitative estimate of drug-likeness (QED) is 0.377. The first-order valence-corrected chi connectivity index (χ1v) is 12.7. The number of hydrogen-bond donors (Lipinski definition) is 3. The molecule has 3 aromatic rings. The number of anilines is 1. The van der Waals surface area contributed by atoms with Crippen LogP contribution in [0, 0.1) is 0 Å².